The van der Waals surface area contributed by atoms with Gasteiger partial charge in [-0.25, -0.2) is 0 Å². The van der Waals surface area contributed by atoms with Crippen molar-refractivity contribution in [1.29, 1.82) is 0 Å². The fraction of sp³-hybridized carbons (Fsp3) is 0.625. The molecule has 0 aromatic heterocycles. The SMILES string of the molecule is Cc1cc(C)cc(CN(C)CCNC(C)(C)C)c1. The van der Waals surface area contributed by atoms with Crippen LogP contribution in [-0.2, 0) is 6.54 Å². The quantitative estimate of drug-likeness (QED) is 0.861. The summed E-state index contributed by atoms with van der Waals surface area (Å²) >= 11 is 0. The molecule has 0 radical (unpaired) electrons. The molecule has 2 heteroatoms. The maximum atomic E-state index is 3.52. The molecular weight excluding hydrogens is 220 g/mol. The second kappa shape index (κ2) is 6.35. The van der Waals surface area contributed by atoms with Gasteiger partial charge in [0, 0.05) is 25.2 Å². The Morgan fingerprint density at radius 3 is 2.11 bits per heavy atom. The normalized spacial score (nSPS) is 12.2. The van der Waals surface area contributed by atoms with Gasteiger partial charge in [0.1, 0.15) is 0 Å². The second-order valence-corrected chi connectivity index (χ2v) is 6.41. The maximum absolute atomic E-state index is 3.52. The minimum atomic E-state index is 0.209. The van der Waals surface area contributed by atoms with Crippen molar-refractivity contribution in [3.8, 4) is 0 Å². The lowest BCUT2D eigenvalue weighted by Crippen LogP contribution is -2.40. The molecule has 0 spiro atoms. The van der Waals surface area contributed by atoms with Crippen molar-refractivity contribution in [1.82, 2.24) is 10.2 Å². The van der Waals surface area contributed by atoms with Crippen LogP contribution < -0.4 is 5.32 Å². The molecule has 0 bridgehead atoms. The Morgan fingerprint density at radius 2 is 1.61 bits per heavy atom. The Labute approximate surface area is 112 Å². The molecule has 0 atom stereocenters. The van der Waals surface area contributed by atoms with Crippen LogP contribution in [-0.4, -0.2) is 30.6 Å². The van der Waals surface area contributed by atoms with E-state index in [9.17, 15) is 0 Å². The topological polar surface area (TPSA) is 15.3 Å². The van der Waals surface area contributed by atoms with E-state index < -0.39 is 0 Å². The molecule has 0 heterocycles. The first kappa shape index (κ1) is 15.2. The van der Waals surface area contributed by atoms with Crippen molar-refractivity contribution in [3.63, 3.8) is 0 Å². The molecule has 1 aromatic carbocycles. The highest BCUT2D eigenvalue weighted by Gasteiger charge is 2.08. The van der Waals surface area contributed by atoms with Crippen molar-refractivity contribution in [2.45, 2.75) is 46.7 Å². The molecule has 0 aliphatic heterocycles. The third-order valence-electron chi connectivity index (χ3n) is 2.88. The average Bonchev–Trinajstić information content (AvgIpc) is 2.12. The van der Waals surface area contributed by atoms with Gasteiger partial charge in [0.15, 0.2) is 0 Å². The van der Waals surface area contributed by atoms with E-state index >= 15 is 0 Å². The molecule has 0 fully saturated rings. The summed E-state index contributed by atoms with van der Waals surface area (Å²) in [6, 6.07) is 6.78. The number of rotatable bonds is 5. The number of nitrogens with zero attached hydrogens (tertiary/aromatic N) is 1. The summed E-state index contributed by atoms with van der Waals surface area (Å²) in [6.07, 6.45) is 0. The summed E-state index contributed by atoms with van der Waals surface area (Å²) in [5.41, 5.74) is 4.32. The minimum absolute atomic E-state index is 0.209. The molecule has 0 saturated carbocycles. The van der Waals surface area contributed by atoms with Crippen LogP contribution in [0.15, 0.2) is 18.2 Å². The van der Waals surface area contributed by atoms with Gasteiger partial charge in [-0.15, -0.1) is 0 Å². The molecule has 0 aliphatic carbocycles. The van der Waals surface area contributed by atoms with Gasteiger partial charge in [-0.2, -0.15) is 0 Å². The summed E-state index contributed by atoms with van der Waals surface area (Å²) in [6.45, 7) is 14.1. The van der Waals surface area contributed by atoms with E-state index in [2.05, 4.69) is 70.1 Å². The molecule has 0 aliphatic rings. The summed E-state index contributed by atoms with van der Waals surface area (Å²) in [5, 5.41) is 3.52. The van der Waals surface area contributed by atoms with Crippen LogP contribution >= 0.6 is 0 Å². The van der Waals surface area contributed by atoms with Crippen LogP contribution in [0, 0.1) is 13.8 Å². The predicted molar refractivity (Wildman–Crippen MR) is 80.0 cm³/mol. The zero-order chi connectivity index (χ0) is 13.8. The number of aryl methyl sites for hydroxylation is 2. The Bertz CT molecular complexity index is 357. The number of benzene rings is 1. The van der Waals surface area contributed by atoms with Crippen molar-refractivity contribution in [2.75, 3.05) is 20.1 Å². The molecule has 1 N–H and O–H groups in total. The van der Waals surface area contributed by atoms with E-state index in [0.29, 0.717) is 0 Å². The Balaban J connectivity index is 2.42. The zero-order valence-electron chi connectivity index (χ0n) is 12.8. The summed E-state index contributed by atoms with van der Waals surface area (Å²) < 4.78 is 0. The van der Waals surface area contributed by atoms with E-state index in [1.165, 1.54) is 16.7 Å². The predicted octanol–water partition coefficient (Wildman–Crippen LogP) is 3.12. The van der Waals surface area contributed by atoms with Crippen molar-refractivity contribution >= 4 is 0 Å². The number of hydrogen-bond donors (Lipinski definition) is 1. The lowest BCUT2D eigenvalue weighted by Gasteiger charge is -2.23. The van der Waals surface area contributed by atoms with Gasteiger partial charge < -0.3 is 10.2 Å². The van der Waals surface area contributed by atoms with Gasteiger partial charge in [-0.05, 0) is 47.2 Å². The van der Waals surface area contributed by atoms with Crippen LogP contribution in [0.5, 0.6) is 0 Å². The lowest BCUT2D eigenvalue weighted by atomic mass is 10.1. The Morgan fingerprint density at radius 1 is 1.06 bits per heavy atom. The number of nitrogens with one attached hydrogen (secondary N) is 1. The summed E-state index contributed by atoms with van der Waals surface area (Å²) in [5.74, 6) is 0. The van der Waals surface area contributed by atoms with Crippen LogP contribution in [0.2, 0.25) is 0 Å². The van der Waals surface area contributed by atoms with Crippen molar-refractivity contribution < 1.29 is 0 Å². The maximum Gasteiger partial charge on any atom is 0.0231 e. The van der Waals surface area contributed by atoms with Crippen LogP contribution in [0.3, 0.4) is 0 Å². The molecule has 2 nitrogen and oxygen atoms in total. The number of hydrogen-bond acceptors (Lipinski definition) is 2. The van der Waals surface area contributed by atoms with Gasteiger partial charge in [0.2, 0.25) is 0 Å². The molecular formula is C16H28N2. The highest BCUT2D eigenvalue weighted by Crippen LogP contribution is 2.10. The average molecular weight is 248 g/mol. The first-order valence-electron chi connectivity index (χ1n) is 6.77. The standard InChI is InChI=1S/C16H28N2/c1-13-9-14(2)11-15(10-13)12-18(6)8-7-17-16(3,4)5/h9-11,17H,7-8,12H2,1-6H3. The fourth-order valence-corrected chi connectivity index (χ4v) is 2.17. The molecule has 102 valence electrons. The molecule has 0 amide bonds. The summed E-state index contributed by atoms with van der Waals surface area (Å²) in [4.78, 5) is 2.37. The smallest absolute Gasteiger partial charge is 0.0231 e. The third kappa shape index (κ3) is 6.18. The summed E-state index contributed by atoms with van der Waals surface area (Å²) in [7, 11) is 2.18. The fourth-order valence-electron chi connectivity index (χ4n) is 2.17. The van der Waals surface area contributed by atoms with Crippen LogP contribution in [0.1, 0.15) is 37.5 Å². The van der Waals surface area contributed by atoms with E-state index in [0.717, 1.165) is 19.6 Å². The van der Waals surface area contributed by atoms with Crippen molar-refractivity contribution in [2.24, 2.45) is 0 Å². The van der Waals surface area contributed by atoms with E-state index in [1.807, 2.05) is 0 Å². The molecule has 1 aromatic rings. The first-order valence-corrected chi connectivity index (χ1v) is 6.77. The highest BCUT2D eigenvalue weighted by molar-refractivity contribution is 5.28. The Kier molecular flexibility index (Phi) is 5.36. The number of likely N-dealkylation sites (N-methyl/N-ethyl adjacent to an activating group) is 1. The Hall–Kier alpha value is -0.860. The lowest BCUT2D eigenvalue weighted by molar-refractivity contribution is 0.303. The van der Waals surface area contributed by atoms with E-state index in [4.69, 9.17) is 0 Å². The van der Waals surface area contributed by atoms with Gasteiger partial charge in [-0.1, -0.05) is 29.3 Å². The monoisotopic (exact) mass is 248 g/mol. The highest BCUT2D eigenvalue weighted by atomic mass is 15.1. The first-order chi connectivity index (χ1) is 8.26. The van der Waals surface area contributed by atoms with Crippen LogP contribution in [0.25, 0.3) is 0 Å². The van der Waals surface area contributed by atoms with Gasteiger partial charge in [0.25, 0.3) is 0 Å². The van der Waals surface area contributed by atoms with Gasteiger partial charge in [0.05, 0.1) is 0 Å². The largest absolute Gasteiger partial charge is 0.311 e. The van der Waals surface area contributed by atoms with Gasteiger partial charge >= 0.3 is 0 Å². The van der Waals surface area contributed by atoms with E-state index in [-0.39, 0.29) is 5.54 Å². The molecule has 18 heavy (non-hydrogen) atoms. The third-order valence-corrected chi connectivity index (χ3v) is 2.88. The van der Waals surface area contributed by atoms with Crippen LogP contribution in [0.4, 0.5) is 0 Å². The van der Waals surface area contributed by atoms with Crippen molar-refractivity contribution in [3.05, 3.63) is 34.9 Å². The minimum Gasteiger partial charge on any atom is -0.311 e. The van der Waals surface area contributed by atoms with E-state index in [1.54, 1.807) is 0 Å². The second-order valence-electron chi connectivity index (χ2n) is 6.41. The zero-order valence-corrected chi connectivity index (χ0v) is 12.8. The molecule has 0 saturated heterocycles. The molecule has 0 unspecified atom stereocenters. The molecule has 1 rings (SSSR count). The van der Waals surface area contributed by atoms with Gasteiger partial charge in [-0.3, -0.25) is 0 Å².